The van der Waals surface area contributed by atoms with Gasteiger partial charge in [-0.2, -0.15) is 5.10 Å². The number of carbonyl (C=O) groups is 1. The normalized spacial score (nSPS) is 10.8. The second kappa shape index (κ2) is 7.48. The van der Waals surface area contributed by atoms with E-state index in [9.17, 15) is 4.79 Å². The van der Waals surface area contributed by atoms with Gasteiger partial charge in [0.2, 0.25) is 0 Å². The van der Waals surface area contributed by atoms with Gasteiger partial charge in [-0.15, -0.1) is 0 Å². The minimum Gasteiger partial charge on any atom is -0.364 e. The summed E-state index contributed by atoms with van der Waals surface area (Å²) in [6.07, 6.45) is 6.79. The Balaban J connectivity index is 1.45. The Morgan fingerprint density at radius 2 is 1.86 bits per heavy atom. The van der Waals surface area contributed by atoms with Crippen LogP contribution in [0, 0.1) is 6.92 Å². The Bertz CT molecular complexity index is 1100. The highest BCUT2D eigenvalue weighted by Crippen LogP contribution is 2.19. The third-order valence-corrected chi connectivity index (χ3v) is 4.53. The number of hydrogen-bond acceptors (Lipinski definition) is 5. The van der Waals surface area contributed by atoms with Gasteiger partial charge in [-0.25, -0.2) is 9.50 Å². The van der Waals surface area contributed by atoms with Crippen LogP contribution in [-0.2, 0) is 6.54 Å². The Morgan fingerprint density at radius 1 is 1.11 bits per heavy atom. The largest absolute Gasteiger partial charge is 0.364 e. The monoisotopic (exact) mass is 372 g/mol. The first-order valence-corrected chi connectivity index (χ1v) is 8.94. The number of amides is 1. The molecule has 0 unspecified atom stereocenters. The van der Waals surface area contributed by atoms with E-state index in [1.165, 1.54) is 0 Å². The Labute approximate surface area is 162 Å². The lowest BCUT2D eigenvalue weighted by Crippen LogP contribution is -2.26. The molecule has 0 aliphatic heterocycles. The molecule has 0 radical (unpaired) electrons. The van der Waals surface area contributed by atoms with E-state index in [1.54, 1.807) is 42.7 Å². The number of pyridine rings is 1. The first kappa shape index (κ1) is 17.7. The molecule has 28 heavy (non-hydrogen) atoms. The number of benzene rings is 1. The molecule has 3 aromatic heterocycles. The van der Waals surface area contributed by atoms with Crippen LogP contribution in [0.1, 0.15) is 21.6 Å². The lowest BCUT2D eigenvalue weighted by Gasteiger charge is -2.18. The maximum Gasteiger partial charge on any atom is 0.258 e. The van der Waals surface area contributed by atoms with Gasteiger partial charge in [-0.3, -0.25) is 9.78 Å². The Kier molecular flexibility index (Phi) is 4.72. The average Bonchev–Trinajstić information content (AvgIpc) is 3.13. The standard InChI is InChI=1S/C21H20N6O/c1-15-13-19-20(23-11-12-27(19)25-15)24-14-16-3-5-18(6-4-16)26(2)21(28)17-7-9-22-10-8-17/h3-13H,14H2,1-2H3,(H,23,24). The smallest absolute Gasteiger partial charge is 0.258 e. The molecule has 0 saturated heterocycles. The second-order valence-electron chi connectivity index (χ2n) is 6.51. The van der Waals surface area contributed by atoms with E-state index >= 15 is 0 Å². The zero-order chi connectivity index (χ0) is 19.5. The number of aromatic nitrogens is 4. The van der Waals surface area contributed by atoms with E-state index in [0.717, 1.165) is 28.3 Å². The Morgan fingerprint density at radius 3 is 2.61 bits per heavy atom. The van der Waals surface area contributed by atoms with Crippen molar-refractivity contribution in [2.45, 2.75) is 13.5 Å². The summed E-state index contributed by atoms with van der Waals surface area (Å²) in [5.41, 5.74) is 4.42. The fraction of sp³-hybridized carbons (Fsp3) is 0.143. The molecular weight excluding hydrogens is 352 g/mol. The summed E-state index contributed by atoms with van der Waals surface area (Å²) in [6, 6.07) is 13.3. The number of nitrogens with zero attached hydrogens (tertiary/aromatic N) is 5. The molecule has 0 aliphatic carbocycles. The molecule has 3 heterocycles. The SMILES string of the molecule is Cc1cc2c(NCc3ccc(N(C)C(=O)c4ccncc4)cc3)nccn2n1. The van der Waals surface area contributed by atoms with Crippen LogP contribution in [0.25, 0.3) is 5.52 Å². The van der Waals surface area contributed by atoms with Crippen molar-refractivity contribution in [1.82, 2.24) is 19.6 Å². The van der Waals surface area contributed by atoms with Crippen molar-refractivity contribution in [3.63, 3.8) is 0 Å². The molecule has 7 heteroatoms. The summed E-state index contributed by atoms with van der Waals surface area (Å²) in [7, 11) is 1.77. The average molecular weight is 372 g/mol. The summed E-state index contributed by atoms with van der Waals surface area (Å²) in [5, 5.41) is 7.75. The van der Waals surface area contributed by atoms with E-state index in [2.05, 4.69) is 20.4 Å². The van der Waals surface area contributed by atoms with E-state index < -0.39 is 0 Å². The number of hydrogen-bond donors (Lipinski definition) is 1. The van der Waals surface area contributed by atoms with Crippen molar-refractivity contribution in [3.8, 4) is 0 Å². The van der Waals surface area contributed by atoms with Crippen LogP contribution in [0.3, 0.4) is 0 Å². The number of anilines is 2. The van der Waals surface area contributed by atoms with Gasteiger partial charge in [0.25, 0.3) is 5.91 Å². The van der Waals surface area contributed by atoms with Crippen molar-refractivity contribution >= 4 is 22.9 Å². The molecule has 0 aliphatic rings. The van der Waals surface area contributed by atoms with Gasteiger partial charge < -0.3 is 10.2 Å². The zero-order valence-electron chi connectivity index (χ0n) is 15.7. The number of rotatable bonds is 5. The maximum absolute atomic E-state index is 12.5. The highest BCUT2D eigenvalue weighted by molar-refractivity contribution is 6.05. The van der Waals surface area contributed by atoms with Crippen LogP contribution >= 0.6 is 0 Å². The first-order chi connectivity index (χ1) is 13.6. The molecule has 1 aromatic carbocycles. The van der Waals surface area contributed by atoms with Crippen LogP contribution in [0.4, 0.5) is 11.5 Å². The highest BCUT2D eigenvalue weighted by Gasteiger charge is 2.13. The minimum absolute atomic E-state index is 0.0692. The van der Waals surface area contributed by atoms with Gasteiger partial charge in [0, 0.05) is 49.6 Å². The molecule has 4 rings (SSSR count). The fourth-order valence-electron chi connectivity index (χ4n) is 3.01. The van der Waals surface area contributed by atoms with Crippen LogP contribution in [-0.4, -0.2) is 32.5 Å². The highest BCUT2D eigenvalue weighted by atomic mass is 16.2. The van der Waals surface area contributed by atoms with Crippen molar-refractivity contribution in [2.24, 2.45) is 0 Å². The second-order valence-corrected chi connectivity index (χ2v) is 6.51. The van der Waals surface area contributed by atoms with Crippen molar-refractivity contribution in [3.05, 3.63) is 84.1 Å². The van der Waals surface area contributed by atoms with Crippen LogP contribution in [0.2, 0.25) is 0 Å². The summed E-state index contributed by atoms with van der Waals surface area (Å²) in [5.74, 6) is 0.720. The molecular formula is C21H20N6O. The molecule has 1 amide bonds. The lowest BCUT2D eigenvalue weighted by atomic mass is 10.1. The quantitative estimate of drug-likeness (QED) is 0.582. The summed E-state index contributed by atoms with van der Waals surface area (Å²) >= 11 is 0. The summed E-state index contributed by atoms with van der Waals surface area (Å²) < 4.78 is 1.81. The maximum atomic E-state index is 12.5. The predicted molar refractivity (Wildman–Crippen MR) is 108 cm³/mol. The van der Waals surface area contributed by atoms with Gasteiger partial charge >= 0.3 is 0 Å². The molecule has 0 atom stereocenters. The number of aryl methyl sites for hydroxylation is 1. The van der Waals surface area contributed by atoms with E-state index in [-0.39, 0.29) is 5.91 Å². The number of nitrogens with one attached hydrogen (secondary N) is 1. The van der Waals surface area contributed by atoms with Crippen molar-refractivity contribution < 1.29 is 4.79 Å². The van der Waals surface area contributed by atoms with E-state index in [4.69, 9.17) is 0 Å². The fourth-order valence-corrected chi connectivity index (χ4v) is 3.01. The molecule has 7 nitrogen and oxygen atoms in total. The zero-order valence-corrected chi connectivity index (χ0v) is 15.7. The molecule has 1 N–H and O–H groups in total. The minimum atomic E-state index is -0.0692. The van der Waals surface area contributed by atoms with E-state index in [0.29, 0.717) is 12.1 Å². The molecule has 140 valence electrons. The molecule has 0 fully saturated rings. The summed E-state index contributed by atoms with van der Waals surface area (Å²) in [4.78, 5) is 22.5. The topological polar surface area (TPSA) is 75.4 Å². The van der Waals surface area contributed by atoms with Crippen LogP contribution in [0.15, 0.2) is 67.3 Å². The number of carbonyl (C=O) groups excluding carboxylic acids is 1. The van der Waals surface area contributed by atoms with Crippen molar-refractivity contribution in [1.29, 1.82) is 0 Å². The number of fused-ring (bicyclic) bond motifs is 1. The first-order valence-electron chi connectivity index (χ1n) is 8.94. The van der Waals surface area contributed by atoms with Gasteiger partial charge in [0.1, 0.15) is 5.52 Å². The van der Waals surface area contributed by atoms with Crippen molar-refractivity contribution in [2.75, 3.05) is 17.3 Å². The molecule has 0 bridgehead atoms. The molecule has 0 saturated carbocycles. The predicted octanol–water partition coefficient (Wildman–Crippen LogP) is 3.32. The van der Waals surface area contributed by atoms with Gasteiger partial charge in [0.15, 0.2) is 5.82 Å². The molecule has 0 spiro atoms. The van der Waals surface area contributed by atoms with E-state index in [1.807, 2.05) is 48.0 Å². The Hall–Kier alpha value is -3.74. The molecule has 4 aromatic rings. The third kappa shape index (κ3) is 3.55. The van der Waals surface area contributed by atoms with Gasteiger partial charge in [-0.05, 0) is 42.8 Å². The lowest BCUT2D eigenvalue weighted by molar-refractivity contribution is 0.0993. The van der Waals surface area contributed by atoms with Gasteiger partial charge in [0.05, 0.1) is 5.69 Å². The third-order valence-electron chi connectivity index (χ3n) is 4.53. The van der Waals surface area contributed by atoms with Crippen LogP contribution < -0.4 is 10.2 Å². The van der Waals surface area contributed by atoms with Gasteiger partial charge in [-0.1, -0.05) is 12.1 Å². The summed E-state index contributed by atoms with van der Waals surface area (Å²) in [6.45, 7) is 2.58. The van der Waals surface area contributed by atoms with Crippen LogP contribution in [0.5, 0.6) is 0 Å².